The Morgan fingerprint density at radius 3 is 3.00 bits per heavy atom. The van der Waals surface area contributed by atoms with E-state index in [4.69, 9.17) is 10.6 Å². The molecule has 0 aliphatic carbocycles. The first kappa shape index (κ1) is 9.49. The van der Waals surface area contributed by atoms with Crippen molar-refractivity contribution in [3.05, 3.63) is 29.3 Å². The van der Waals surface area contributed by atoms with Crippen LogP contribution in [0.3, 0.4) is 0 Å². The van der Waals surface area contributed by atoms with Crippen molar-refractivity contribution in [2.45, 2.75) is 25.8 Å². The second-order valence-corrected chi connectivity index (χ2v) is 4.38. The van der Waals surface area contributed by atoms with Crippen molar-refractivity contribution < 1.29 is 4.74 Å². The van der Waals surface area contributed by atoms with Crippen LogP contribution in [0.25, 0.3) is 0 Å². The zero-order chi connectivity index (χ0) is 10.2. The normalized spacial score (nSPS) is 17.6. The zero-order valence-corrected chi connectivity index (χ0v) is 8.63. The molecule has 0 saturated carbocycles. The number of rotatable bonds is 2. The van der Waals surface area contributed by atoms with Crippen LogP contribution in [0.2, 0.25) is 0 Å². The maximum absolute atomic E-state index is 5.60. The van der Waals surface area contributed by atoms with Gasteiger partial charge in [-0.2, -0.15) is 0 Å². The van der Waals surface area contributed by atoms with Crippen LogP contribution in [0, 0.1) is 0 Å². The first-order valence-corrected chi connectivity index (χ1v) is 4.83. The van der Waals surface area contributed by atoms with Crippen molar-refractivity contribution in [2.24, 2.45) is 5.84 Å². The Morgan fingerprint density at radius 2 is 2.29 bits per heavy atom. The minimum atomic E-state index is 0.125. The van der Waals surface area contributed by atoms with E-state index in [0.29, 0.717) is 6.54 Å². The van der Waals surface area contributed by atoms with Crippen molar-refractivity contribution in [3.63, 3.8) is 0 Å². The van der Waals surface area contributed by atoms with Gasteiger partial charge in [-0.3, -0.25) is 11.3 Å². The Kier molecular flexibility index (Phi) is 2.21. The van der Waals surface area contributed by atoms with Gasteiger partial charge in [-0.25, -0.2) is 0 Å². The van der Waals surface area contributed by atoms with Crippen LogP contribution in [0.15, 0.2) is 18.2 Å². The molecule has 0 radical (unpaired) electrons. The number of hydrogen-bond acceptors (Lipinski definition) is 3. The molecule has 0 atom stereocenters. The van der Waals surface area contributed by atoms with Crippen LogP contribution < -0.4 is 16.0 Å². The molecule has 1 aliphatic rings. The van der Waals surface area contributed by atoms with E-state index in [0.717, 1.165) is 12.4 Å². The van der Waals surface area contributed by atoms with Crippen molar-refractivity contribution in [3.8, 4) is 5.75 Å². The molecule has 2 rings (SSSR count). The standard InChI is InChI=1S/C11H16N2O/c1-11(2)7-14-10-4-3-8(6-13-12)5-9(10)11/h3-5,13H,6-7,12H2,1-2H3. The Labute approximate surface area is 84.2 Å². The van der Waals surface area contributed by atoms with Gasteiger partial charge in [0.05, 0.1) is 6.61 Å². The number of ether oxygens (including phenoxy) is 1. The number of nitrogens with two attached hydrogens (primary N) is 1. The Balaban J connectivity index is 2.38. The van der Waals surface area contributed by atoms with Crippen LogP contribution >= 0.6 is 0 Å². The van der Waals surface area contributed by atoms with E-state index in [1.54, 1.807) is 0 Å². The van der Waals surface area contributed by atoms with Crippen molar-refractivity contribution >= 4 is 0 Å². The van der Waals surface area contributed by atoms with E-state index >= 15 is 0 Å². The van der Waals surface area contributed by atoms with E-state index in [-0.39, 0.29) is 5.41 Å². The SMILES string of the molecule is CC1(C)COc2ccc(CNN)cc21. The molecule has 1 aromatic rings. The quantitative estimate of drug-likeness (QED) is 0.549. The lowest BCUT2D eigenvalue weighted by molar-refractivity contribution is 0.291. The number of nitrogens with one attached hydrogen (secondary N) is 1. The van der Waals surface area contributed by atoms with Gasteiger partial charge in [-0.1, -0.05) is 26.0 Å². The predicted octanol–water partition coefficient (Wildman–Crippen LogP) is 1.32. The summed E-state index contributed by atoms with van der Waals surface area (Å²) in [6.07, 6.45) is 0. The first-order valence-electron chi connectivity index (χ1n) is 4.83. The Hall–Kier alpha value is -1.06. The number of benzene rings is 1. The highest BCUT2D eigenvalue weighted by Crippen LogP contribution is 2.38. The van der Waals surface area contributed by atoms with Gasteiger partial charge in [0.25, 0.3) is 0 Å². The fraction of sp³-hybridized carbons (Fsp3) is 0.455. The summed E-state index contributed by atoms with van der Waals surface area (Å²) in [4.78, 5) is 0. The summed E-state index contributed by atoms with van der Waals surface area (Å²) in [6.45, 7) is 5.85. The fourth-order valence-corrected chi connectivity index (χ4v) is 1.80. The molecular formula is C11H16N2O. The van der Waals surface area contributed by atoms with Crippen LogP contribution in [0.1, 0.15) is 25.0 Å². The highest BCUT2D eigenvalue weighted by atomic mass is 16.5. The van der Waals surface area contributed by atoms with Crippen molar-refractivity contribution in [2.75, 3.05) is 6.61 Å². The second-order valence-electron chi connectivity index (χ2n) is 4.38. The molecule has 0 fully saturated rings. The Morgan fingerprint density at radius 1 is 1.50 bits per heavy atom. The van der Waals surface area contributed by atoms with Crippen LogP contribution in [-0.2, 0) is 12.0 Å². The highest BCUT2D eigenvalue weighted by Gasteiger charge is 2.31. The lowest BCUT2D eigenvalue weighted by Crippen LogP contribution is -2.21. The molecule has 0 spiro atoms. The monoisotopic (exact) mass is 192 g/mol. The van der Waals surface area contributed by atoms with Gasteiger partial charge in [0.15, 0.2) is 0 Å². The summed E-state index contributed by atoms with van der Waals surface area (Å²) in [5, 5.41) is 0. The largest absolute Gasteiger partial charge is 0.492 e. The fourth-order valence-electron chi connectivity index (χ4n) is 1.80. The molecule has 76 valence electrons. The van der Waals surface area contributed by atoms with Gasteiger partial charge >= 0.3 is 0 Å². The maximum atomic E-state index is 5.60. The summed E-state index contributed by atoms with van der Waals surface area (Å²) < 4.78 is 5.60. The number of hydrazine groups is 1. The number of hydrogen-bond donors (Lipinski definition) is 2. The first-order chi connectivity index (χ1) is 6.63. The molecule has 0 saturated heterocycles. The van der Waals surface area contributed by atoms with E-state index in [9.17, 15) is 0 Å². The van der Waals surface area contributed by atoms with E-state index in [2.05, 4.69) is 25.3 Å². The minimum Gasteiger partial charge on any atom is -0.492 e. The van der Waals surface area contributed by atoms with Crippen molar-refractivity contribution in [1.82, 2.24) is 5.43 Å². The summed E-state index contributed by atoms with van der Waals surface area (Å²) in [7, 11) is 0. The van der Waals surface area contributed by atoms with Gasteiger partial charge in [0.2, 0.25) is 0 Å². The molecule has 0 amide bonds. The van der Waals surface area contributed by atoms with Gasteiger partial charge in [0, 0.05) is 17.5 Å². The molecule has 0 aromatic heterocycles. The number of fused-ring (bicyclic) bond motifs is 1. The molecule has 3 nitrogen and oxygen atoms in total. The van der Waals surface area contributed by atoms with Gasteiger partial charge in [-0.05, 0) is 11.6 Å². The van der Waals surface area contributed by atoms with Crippen LogP contribution in [-0.4, -0.2) is 6.61 Å². The van der Waals surface area contributed by atoms with Crippen molar-refractivity contribution in [1.29, 1.82) is 0 Å². The molecule has 3 N–H and O–H groups in total. The molecule has 1 aliphatic heterocycles. The lowest BCUT2D eigenvalue weighted by atomic mass is 9.86. The van der Waals surface area contributed by atoms with E-state index in [1.807, 2.05) is 12.1 Å². The minimum absolute atomic E-state index is 0.125. The third-order valence-corrected chi connectivity index (χ3v) is 2.67. The lowest BCUT2D eigenvalue weighted by Gasteiger charge is -2.15. The molecule has 1 aromatic carbocycles. The molecular weight excluding hydrogens is 176 g/mol. The van der Waals surface area contributed by atoms with Gasteiger partial charge < -0.3 is 4.74 Å². The Bertz CT molecular complexity index is 347. The predicted molar refractivity (Wildman–Crippen MR) is 56.0 cm³/mol. The second kappa shape index (κ2) is 3.26. The van der Waals surface area contributed by atoms with Gasteiger partial charge in [-0.15, -0.1) is 0 Å². The highest BCUT2D eigenvalue weighted by molar-refractivity contribution is 5.45. The average molecular weight is 192 g/mol. The molecule has 3 heteroatoms. The third-order valence-electron chi connectivity index (χ3n) is 2.67. The zero-order valence-electron chi connectivity index (χ0n) is 8.63. The average Bonchev–Trinajstić information content (AvgIpc) is 2.44. The van der Waals surface area contributed by atoms with Gasteiger partial charge in [0.1, 0.15) is 5.75 Å². The maximum Gasteiger partial charge on any atom is 0.123 e. The molecule has 0 unspecified atom stereocenters. The van der Waals surface area contributed by atoms with Crippen LogP contribution in [0.5, 0.6) is 5.75 Å². The van der Waals surface area contributed by atoms with E-state index < -0.39 is 0 Å². The molecule has 14 heavy (non-hydrogen) atoms. The summed E-state index contributed by atoms with van der Waals surface area (Å²) in [6, 6.07) is 6.24. The smallest absolute Gasteiger partial charge is 0.123 e. The van der Waals surface area contributed by atoms with E-state index in [1.165, 1.54) is 11.1 Å². The van der Waals surface area contributed by atoms with Crippen LogP contribution in [0.4, 0.5) is 0 Å². The topological polar surface area (TPSA) is 47.3 Å². The third kappa shape index (κ3) is 1.49. The summed E-state index contributed by atoms with van der Waals surface area (Å²) in [5.41, 5.74) is 5.27. The molecule has 1 heterocycles. The summed E-state index contributed by atoms with van der Waals surface area (Å²) >= 11 is 0. The summed E-state index contributed by atoms with van der Waals surface area (Å²) in [5.74, 6) is 6.30. The molecule has 0 bridgehead atoms.